The van der Waals surface area contributed by atoms with E-state index < -0.39 is 48.2 Å². The molecule has 230 valence electrons. The first-order valence-corrected chi connectivity index (χ1v) is 14.3. The first-order valence-electron chi connectivity index (χ1n) is 14.3. The Morgan fingerprint density at radius 2 is 1.69 bits per heavy atom. The predicted molar refractivity (Wildman–Crippen MR) is 148 cm³/mol. The number of carbonyl (C=O) groups is 3. The molecule has 2 aromatic rings. The summed E-state index contributed by atoms with van der Waals surface area (Å²) in [6, 6.07) is 3.04. The summed E-state index contributed by atoms with van der Waals surface area (Å²) in [6.07, 6.45) is 0.751. The van der Waals surface area contributed by atoms with Crippen LogP contribution in [0.5, 0.6) is 0 Å². The minimum atomic E-state index is -4.58. The molecule has 0 saturated heterocycles. The van der Waals surface area contributed by atoms with Gasteiger partial charge in [0.1, 0.15) is 24.1 Å². The molecule has 1 aromatic carbocycles. The van der Waals surface area contributed by atoms with Gasteiger partial charge in [-0.25, -0.2) is 4.39 Å². The average molecular weight is 595 g/mol. The van der Waals surface area contributed by atoms with E-state index in [1.807, 2.05) is 19.2 Å². The quantitative estimate of drug-likeness (QED) is 0.259. The van der Waals surface area contributed by atoms with Gasteiger partial charge in [-0.15, -0.1) is 0 Å². The molecule has 3 amide bonds. The van der Waals surface area contributed by atoms with Gasteiger partial charge in [-0.3, -0.25) is 19.1 Å². The van der Waals surface area contributed by atoms with Crippen molar-refractivity contribution in [1.82, 2.24) is 25.7 Å². The zero-order chi connectivity index (χ0) is 30.8. The first kappa shape index (κ1) is 31.5. The Balaban J connectivity index is 1.59. The van der Waals surface area contributed by atoms with Gasteiger partial charge in [0.15, 0.2) is 0 Å². The molecule has 2 unspecified atom stereocenters. The van der Waals surface area contributed by atoms with Crippen molar-refractivity contribution in [3.8, 4) is 0 Å². The molecule has 13 heteroatoms. The summed E-state index contributed by atoms with van der Waals surface area (Å²) in [5.41, 5.74) is 0.804. The Morgan fingerprint density at radius 3 is 2.24 bits per heavy atom. The van der Waals surface area contributed by atoms with Crippen LogP contribution in [0.3, 0.4) is 0 Å². The summed E-state index contributed by atoms with van der Waals surface area (Å²) in [6.45, 7) is 3.84. The Kier molecular flexibility index (Phi) is 9.59. The van der Waals surface area contributed by atoms with Gasteiger partial charge in [-0.05, 0) is 101 Å². The average Bonchev–Trinajstić information content (AvgIpc) is 3.87. The van der Waals surface area contributed by atoms with Crippen molar-refractivity contribution >= 4 is 23.4 Å². The smallest absolute Gasteiger partial charge is 0.346 e. The molecule has 4 rings (SSSR count). The summed E-state index contributed by atoms with van der Waals surface area (Å²) in [5, 5.41) is 14.5. The summed E-state index contributed by atoms with van der Waals surface area (Å²) >= 11 is 0. The number of nitrogens with one attached hydrogen (secondary N) is 4. The third-order valence-electron chi connectivity index (χ3n) is 7.86. The zero-order valence-corrected chi connectivity index (χ0v) is 24.1. The van der Waals surface area contributed by atoms with E-state index in [0.29, 0.717) is 11.3 Å². The first-order chi connectivity index (χ1) is 19.8. The molecular formula is C29H38F4N6O3. The maximum atomic E-state index is 15.4. The molecule has 2 fully saturated rings. The summed E-state index contributed by atoms with van der Waals surface area (Å²) in [4.78, 5) is 39.5. The minimum absolute atomic E-state index is 0.0770. The SMILES string of the molecule is CNCc1cc(NC(=O)C(NC(=O)c2ccnn2C(C)C)C(C2CC2)C2CC2)c(F)cc1C(C)C(=O)NCC(F)(F)F. The number of aromatic nitrogens is 2. The summed E-state index contributed by atoms with van der Waals surface area (Å²) < 4.78 is 54.8. The number of alkyl halides is 3. The lowest BCUT2D eigenvalue weighted by molar-refractivity contribution is -0.139. The van der Waals surface area contributed by atoms with Crippen LogP contribution in [0, 0.1) is 23.6 Å². The van der Waals surface area contributed by atoms with Crippen LogP contribution in [0.4, 0.5) is 23.2 Å². The zero-order valence-electron chi connectivity index (χ0n) is 24.1. The van der Waals surface area contributed by atoms with Gasteiger partial charge in [-0.1, -0.05) is 0 Å². The molecular weight excluding hydrogens is 556 g/mol. The molecule has 42 heavy (non-hydrogen) atoms. The van der Waals surface area contributed by atoms with E-state index in [1.54, 1.807) is 17.8 Å². The van der Waals surface area contributed by atoms with Crippen molar-refractivity contribution in [3.05, 3.63) is 47.0 Å². The van der Waals surface area contributed by atoms with Crippen LogP contribution < -0.4 is 21.3 Å². The van der Waals surface area contributed by atoms with Gasteiger partial charge in [0.25, 0.3) is 5.91 Å². The highest BCUT2D eigenvalue weighted by Crippen LogP contribution is 2.51. The topological polar surface area (TPSA) is 117 Å². The van der Waals surface area contributed by atoms with Gasteiger partial charge in [0, 0.05) is 18.8 Å². The second kappa shape index (κ2) is 12.8. The highest BCUT2D eigenvalue weighted by Gasteiger charge is 2.48. The van der Waals surface area contributed by atoms with Crippen molar-refractivity contribution in [2.45, 2.75) is 77.2 Å². The lowest BCUT2D eigenvalue weighted by Crippen LogP contribution is -2.50. The minimum Gasteiger partial charge on any atom is -0.346 e. The number of halogens is 4. The number of nitrogens with zero attached hydrogens (tertiary/aromatic N) is 2. The van der Waals surface area contributed by atoms with E-state index in [2.05, 4.69) is 21.0 Å². The molecule has 9 nitrogen and oxygen atoms in total. The van der Waals surface area contributed by atoms with Crippen LogP contribution >= 0.6 is 0 Å². The molecule has 4 N–H and O–H groups in total. The number of hydrogen-bond acceptors (Lipinski definition) is 5. The van der Waals surface area contributed by atoms with Crippen molar-refractivity contribution in [2.24, 2.45) is 17.8 Å². The van der Waals surface area contributed by atoms with E-state index in [0.717, 1.165) is 31.7 Å². The fraction of sp³-hybridized carbons (Fsp3) is 0.586. The monoisotopic (exact) mass is 594 g/mol. The number of anilines is 1. The molecule has 0 spiro atoms. The van der Waals surface area contributed by atoms with Crippen molar-refractivity contribution in [1.29, 1.82) is 0 Å². The standard InChI is InChI=1S/C29H38F4N6O3/c1-15(2)39-23(9-10-36-39)27(41)38-25(24(17-5-6-17)18-7-8-18)28(42)37-22-11-19(13-34-4)20(12-21(22)30)16(3)26(40)35-14-29(31,32)33/h9-12,15-18,24-25,34H,5-8,13-14H2,1-4H3,(H,35,40)(H,37,42)(H,38,41). The van der Waals surface area contributed by atoms with Crippen molar-refractivity contribution in [2.75, 3.05) is 18.9 Å². The van der Waals surface area contributed by atoms with Gasteiger partial charge in [-0.2, -0.15) is 18.3 Å². The largest absolute Gasteiger partial charge is 0.405 e. The maximum Gasteiger partial charge on any atom is 0.405 e. The van der Waals surface area contributed by atoms with E-state index in [9.17, 15) is 27.6 Å². The van der Waals surface area contributed by atoms with Crippen LogP contribution in [-0.2, 0) is 16.1 Å². The third kappa shape index (κ3) is 7.67. The molecule has 1 heterocycles. The van der Waals surface area contributed by atoms with Crippen molar-refractivity contribution < 1.29 is 31.9 Å². The Hall–Kier alpha value is -3.48. The maximum absolute atomic E-state index is 15.4. The van der Waals surface area contributed by atoms with Gasteiger partial charge in [0.2, 0.25) is 11.8 Å². The van der Waals surface area contributed by atoms with Crippen LogP contribution in [0.2, 0.25) is 0 Å². The van der Waals surface area contributed by atoms with Crippen LogP contribution in [0.1, 0.15) is 80.0 Å². The number of rotatable bonds is 13. The molecule has 2 aliphatic carbocycles. The number of hydrogen-bond donors (Lipinski definition) is 4. The van der Waals surface area contributed by atoms with Gasteiger partial charge < -0.3 is 21.3 Å². The Morgan fingerprint density at radius 1 is 1.05 bits per heavy atom. The number of amides is 3. The highest BCUT2D eigenvalue weighted by molar-refractivity contribution is 6.01. The highest BCUT2D eigenvalue weighted by atomic mass is 19.4. The molecule has 2 saturated carbocycles. The number of carbonyl (C=O) groups excluding carboxylic acids is 3. The second-order valence-corrected chi connectivity index (χ2v) is 11.6. The van der Waals surface area contributed by atoms with E-state index in [4.69, 9.17) is 0 Å². The van der Waals surface area contributed by atoms with Crippen LogP contribution in [0.25, 0.3) is 0 Å². The van der Waals surface area contributed by atoms with Crippen molar-refractivity contribution in [3.63, 3.8) is 0 Å². The predicted octanol–water partition coefficient (Wildman–Crippen LogP) is 4.28. The molecule has 0 aliphatic heterocycles. The molecule has 0 bridgehead atoms. The lowest BCUT2D eigenvalue weighted by atomic mass is 9.88. The van der Waals surface area contributed by atoms with Gasteiger partial charge >= 0.3 is 6.18 Å². The van der Waals surface area contributed by atoms with E-state index in [-0.39, 0.29) is 41.6 Å². The number of benzene rings is 1. The summed E-state index contributed by atoms with van der Waals surface area (Å²) in [5.74, 6) is -3.35. The fourth-order valence-electron chi connectivity index (χ4n) is 5.52. The summed E-state index contributed by atoms with van der Waals surface area (Å²) in [7, 11) is 1.63. The van der Waals surface area contributed by atoms with Crippen LogP contribution in [-0.4, -0.2) is 53.3 Å². The normalized spacial score (nSPS) is 16.8. The molecule has 2 aliphatic rings. The molecule has 1 aromatic heterocycles. The molecule has 2 atom stereocenters. The fourth-order valence-corrected chi connectivity index (χ4v) is 5.52. The van der Waals surface area contributed by atoms with E-state index >= 15 is 4.39 Å². The third-order valence-corrected chi connectivity index (χ3v) is 7.86. The molecule has 0 radical (unpaired) electrons. The Bertz CT molecular complexity index is 1290. The Labute approximate surface area is 242 Å². The van der Waals surface area contributed by atoms with Gasteiger partial charge in [0.05, 0.1) is 11.6 Å². The van der Waals surface area contributed by atoms with E-state index in [1.165, 1.54) is 19.2 Å². The van der Waals surface area contributed by atoms with Crippen LogP contribution in [0.15, 0.2) is 24.4 Å². The second-order valence-electron chi connectivity index (χ2n) is 11.6. The lowest BCUT2D eigenvalue weighted by Gasteiger charge is -2.28.